The van der Waals surface area contributed by atoms with Crippen LogP contribution in [0.5, 0.6) is 0 Å². The van der Waals surface area contributed by atoms with Crippen LogP contribution in [0.3, 0.4) is 0 Å². The lowest BCUT2D eigenvalue weighted by Gasteiger charge is -2.36. The number of anilines is 2. The lowest BCUT2D eigenvalue weighted by atomic mass is 9.85. The van der Waals surface area contributed by atoms with Crippen molar-refractivity contribution in [1.29, 1.82) is 0 Å². The number of benzene rings is 3. The minimum Gasteiger partial charge on any atom is -0.314 e. The maximum absolute atomic E-state index is 2.50. The summed E-state index contributed by atoms with van der Waals surface area (Å²) in [4.78, 5) is 5.00. The van der Waals surface area contributed by atoms with Gasteiger partial charge in [0.15, 0.2) is 0 Å². The Balaban J connectivity index is 1.11. The van der Waals surface area contributed by atoms with E-state index in [2.05, 4.69) is 162 Å². The molecule has 0 aromatic heterocycles. The van der Waals surface area contributed by atoms with Crippen molar-refractivity contribution in [1.82, 2.24) is 0 Å². The Morgan fingerprint density at radius 1 is 0.565 bits per heavy atom. The average Bonchev–Trinajstić information content (AvgIpc) is 3.14. The highest BCUT2D eigenvalue weighted by atomic mass is 15.2. The summed E-state index contributed by atoms with van der Waals surface area (Å²) in [6, 6.07) is 30.7. The summed E-state index contributed by atoms with van der Waals surface area (Å²) < 4.78 is 0. The Morgan fingerprint density at radius 2 is 1.22 bits per heavy atom. The summed E-state index contributed by atoms with van der Waals surface area (Å²) in [5.74, 6) is 0.452. The molecule has 0 saturated carbocycles. The lowest BCUT2D eigenvalue weighted by Crippen LogP contribution is -2.26. The van der Waals surface area contributed by atoms with Crippen LogP contribution >= 0.6 is 0 Å². The number of para-hydroxylation sites is 2. The van der Waals surface area contributed by atoms with E-state index in [9.17, 15) is 0 Å². The predicted octanol–water partition coefficient (Wildman–Crippen LogP) is 11.2. The van der Waals surface area contributed by atoms with Crippen LogP contribution in [0.15, 0.2) is 186 Å². The molecule has 0 fully saturated rings. The van der Waals surface area contributed by atoms with Crippen molar-refractivity contribution >= 4 is 17.1 Å². The van der Waals surface area contributed by atoms with Crippen LogP contribution < -0.4 is 9.80 Å². The fraction of sp³-hybridized carbons (Fsp3) is 0.182. The molecule has 46 heavy (non-hydrogen) atoms. The van der Waals surface area contributed by atoms with Gasteiger partial charge < -0.3 is 9.80 Å². The van der Waals surface area contributed by atoms with Crippen LogP contribution in [0.2, 0.25) is 0 Å². The smallest absolute Gasteiger partial charge is 0.0493 e. The summed E-state index contributed by atoms with van der Waals surface area (Å²) in [6.45, 7) is 0. The van der Waals surface area contributed by atoms with E-state index < -0.39 is 0 Å². The first kappa shape index (κ1) is 28.4. The summed E-state index contributed by atoms with van der Waals surface area (Å²) in [5.41, 5.74) is 15.0. The molecule has 226 valence electrons. The van der Waals surface area contributed by atoms with E-state index in [1.54, 1.807) is 0 Å². The number of fused-ring (bicyclic) bond motifs is 2. The van der Waals surface area contributed by atoms with Crippen molar-refractivity contribution in [2.45, 2.75) is 44.9 Å². The van der Waals surface area contributed by atoms with Gasteiger partial charge in [0.25, 0.3) is 0 Å². The molecule has 1 atom stereocenters. The van der Waals surface area contributed by atoms with Crippen molar-refractivity contribution in [2.75, 3.05) is 9.80 Å². The summed E-state index contributed by atoms with van der Waals surface area (Å²) in [6.07, 6.45) is 33.1. The molecular weight excluding hydrogens is 556 g/mol. The third-order valence-corrected chi connectivity index (χ3v) is 9.89. The number of rotatable bonds is 7. The predicted molar refractivity (Wildman–Crippen MR) is 194 cm³/mol. The maximum Gasteiger partial charge on any atom is 0.0493 e. The molecule has 0 amide bonds. The van der Waals surface area contributed by atoms with E-state index in [0.717, 1.165) is 44.9 Å². The molecule has 2 nitrogen and oxygen atoms in total. The summed E-state index contributed by atoms with van der Waals surface area (Å²) >= 11 is 0. The first-order valence-corrected chi connectivity index (χ1v) is 16.9. The second kappa shape index (κ2) is 12.7. The van der Waals surface area contributed by atoms with Crippen LogP contribution in [-0.4, -0.2) is 0 Å². The monoisotopic (exact) mass is 596 g/mol. The van der Waals surface area contributed by atoms with Gasteiger partial charge in [-0.15, -0.1) is 0 Å². The molecule has 3 aromatic rings. The summed E-state index contributed by atoms with van der Waals surface area (Å²) in [5, 5.41) is 0. The zero-order valence-corrected chi connectivity index (χ0v) is 26.4. The van der Waals surface area contributed by atoms with Crippen molar-refractivity contribution in [3.63, 3.8) is 0 Å². The van der Waals surface area contributed by atoms with E-state index >= 15 is 0 Å². The van der Waals surface area contributed by atoms with Gasteiger partial charge in [0.05, 0.1) is 0 Å². The minimum absolute atomic E-state index is 0.452. The van der Waals surface area contributed by atoms with Gasteiger partial charge in [0.2, 0.25) is 0 Å². The zero-order valence-electron chi connectivity index (χ0n) is 26.4. The van der Waals surface area contributed by atoms with Gasteiger partial charge in [-0.05, 0) is 110 Å². The molecule has 0 aliphatic heterocycles. The Bertz CT molecular complexity index is 1910. The average molecular weight is 597 g/mol. The van der Waals surface area contributed by atoms with Crippen LogP contribution in [0.1, 0.15) is 49.7 Å². The molecule has 5 aliphatic carbocycles. The first-order valence-electron chi connectivity index (χ1n) is 16.9. The molecule has 0 spiro atoms. The molecule has 8 rings (SSSR count). The third kappa shape index (κ3) is 5.49. The van der Waals surface area contributed by atoms with Gasteiger partial charge in [-0.2, -0.15) is 0 Å². The van der Waals surface area contributed by atoms with Crippen molar-refractivity contribution in [3.8, 4) is 0 Å². The molecule has 0 N–H and O–H groups in total. The van der Waals surface area contributed by atoms with Gasteiger partial charge in [-0.1, -0.05) is 109 Å². The van der Waals surface area contributed by atoms with E-state index in [1.165, 1.54) is 62.0 Å². The molecule has 5 aliphatic rings. The highest BCUT2D eigenvalue weighted by Gasteiger charge is 2.27. The topological polar surface area (TPSA) is 6.48 Å². The number of nitrogens with zero attached hydrogens (tertiary/aromatic N) is 2. The normalized spacial score (nSPS) is 20.1. The van der Waals surface area contributed by atoms with Crippen molar-refractivity contribution < 1.29 is 0 Å². The quantitative estimate of drug-likeness (QED) is 0.268. The van der Waals surface area contributed by atoms with E-state index in [-0.39, 0.29) is 0 Å². The molecular formula is C44H40N2. The zero-order chi connectivity index (χ0) is 30.7. The summed E-state index contributed by atoms with van der Waals surface area (Å²) in [7, 11) is 0. The first-order chi connectivity index (χ1) is 22.8. The number of hydrogen-bond acceptors (Lipinski definition) is 2. The van der Waals surface area contributed by atoms with Gasteiger partial charge in [-0.3, -0.25) is 0 Å². The maximum atomic E-state index is 2.50. The molecule has 1 unspecified atom stereocenters. The standard InChI is InChI=1S/C44H40N2/c1-3-17-37(18-4-1)45(43-23-11-15-35-13-7-9-21-41(35)43)39-29-25-33(26-30-39)34-27-31-40(32-28-34)46(38-19-5-2-6-20-38)44-24-12-16-36-14-8-10-22-42(36)44/h1-11,13-14,17-25,27,29,31,35H,12,15-16,26,28,30,32H2. The number of hydrogen-bond donors (Lipinski definition) is 0. The van der Waals surface area contributed by atoms with Crippen molar-refractivity contribution in [2.24, 2.45) is 5.92 Å². The van der Waals surface area contributed by atoms with Gasteiger partial charge in [-0.25, -0.2) is 0 Å². The molecule has 0 bridgehead atoms. The Hall–Kier alpha value is -5.08. The molecule has 3 aromatic carbocycles. The highest BCUT2D eigenvalue weighted by molar-refractivity contribution is 5.85. The molecule has 0 saturated heterocycles. The number of allylic oxidation sites excluding steroid dienone is 16. The SMILES string of the molecule is C1=CC2=C(N(C3=CC=C(C4=CC=C(N(C5=CCCc6ccccc65)c5ccccc5)CC4)CC3)c3ccccc3)C=CCC2C=C1. The highest BCUT2D eigenvalue weighted by Crippen LogP contribution is 2.41. The fourth-order valence-corrected chi connectivity index (χ4v) is 7.60. The molecule has 0 heterocycles. The Morgan fingerprint density at radius 3 is 1.91 bits per heavy atom. The minimum atomic E-state index is 0.452. The van der Waals surface area contributed by atoms with E-state index in [0.29, 0.717) is 5.92 Å². The van der Waals surface area contributed by atoms with Crippen LogP contribution in [0.4, 0.5) is 11.4 Å². The van der Waals surface area contributed by atoms with E-state index in [1.807, 2.05) is 0 Å². The second-order valence-corrected chi connectivity index (χ2v) is 12.7. The Labute approximate surface area is 273 Å². The van der Waals surface area contributed by atoms with Gasteiger partial charge in [0.1, 0.15) is 0 Å². The molecule has 0 radical (unpaired) electrons. The largest absolute Gasteiger partial charge is 0.314 e. The number of aryl methyl sites for hydroxylation is 1. The lowest BCUT2D eigenvalue weighted by molar-refractivity contribution is 0.753. The van der Waals surface area contributed by atoms with Crippen LogP contribution in [0, 0.1) is 5.92 Å². The van der Waals surface area contributed by atoms with Crippen molar-refractivity contribution in [3.05, 3.63) is 197 Å². The third-order valence-electron chi connectivity index (χ3n) is 9.89. The molecule has 2 heteroatoms. The van der Waals surface area contributed by atoms with Crippen LogP contribution in [-0.2, 0) is 6.42 Å². The van der Waals surface area contributed by atoms with Gasteiger partial charge in [0, 0.05) is 45.6 Å². The van der Waals surface area contributed by atoms with Gasteiger partial charge >= 0.3 is 0 Å². The van der Waals surface area contributed by atoms with Crippen LogP contribution in [0.25, 0.3) is 5.70 Å². The van der Waals surface area contributed by atoms with E-state index in [4.69, 9.17) is 0 Å². The second-order valence-electron chi connectivity index (χ2n) is 12.7. The Kier molecular flexibility index (Phi) is 7.86. The fourth-order valence-electron chi connectivity index (χ4n) is 7.60.